The number of aromatic nitrogens is 1. The highest BCUT2D eigenvalue weighted by molar-refractivity contribution is 8.18. The van der Waals surface area contributed by atoms with Gasteiger partial charge in [-0.15, -0.1) is 0 Å². The summed E-state index contributed by atoms with van der Waals surface area (Å²) in [7, 11) is 0. The maximum absolute atomic E-state index is 13.0. The van der Waals surface area contributed by atoms with E-state index >= 15 is 0 Å². The topological polar surface area (TPSA) is 83.7 Å². The molecule has 29 heavy (non-hydrogen) atoms. The Morgan fingerprint density at radius 1 is 1.14 bits per heavy atom. The maximum atomic E-state index is 13.0. The molecule has 2 aromatic carbocycles. The highest BCUT2D eigenvalue weighted by atomic mass is 32.2. The first-order chi connectivity index (χ1) is 14.0. The third kappa shape index (κ3) is 4.12. The number of hydrogen-bond donors (Lipinski definition) is 2. The summed E-state index contributed by atoms with van der Waals surface area (Å²) in [6.07, 6.45) is 3.50. The van der Waals surface area contributed by atoms with E-state index in [-0.39, 0.29) is 17.3 Å². The summed E-state index contributed by atoms with van der Waals surface area (Å²) < 4.78 is 14.8. The quantitative estimate of drug-likeness (QED) is 0.635. The van der Waals surface area contributed by atoms with Crippen LogP contribution in [0, 0.1) is 5.82 Å². The van der Waals surface area contributed by atoms with Gasteiger partial charge in [-0.2, -0.15) is 0 Å². The molecule has 6 nitrogen and oxygen atoms in total. The predicted molar refractivity (Wildman–Crippen MR) is 110 cm³/mol. The number of nitrogens with one attached hydrogen (secondary N) is 1. The second-order valence-electron chi connectivity index (χ2n) is 6.12. The summed E-state index contributed by atoms with van der Waals surface area (Å²) in [5.41, 5.74) is 2.10. The van der Waals surface area contributed by atoms with E-state index in [1.54, 1.807) is 35.0 Å². The number of thioether (sulfide) groups is 1. The lowest BCUT2D eigenvalue weighted by molar-refractivity contribution is -0.115. The van der Waals surface area contributed by atoms with Gasteiger partial charge in [-0.25, -0.2) is 14.2 Å². The second kappa shape index (κ2) is 7.76. The highest BCUT2D eigenvalue weighted by Crippen LogP contribution is 2.29. The fourth-order valence-electron chi connectivity index (χ4n) is 2.78. The lowest BCUT2D eigenvalue weighted by Gasteiger charge is -2.07. The van der Waals surface area contributed by atoms with Gasteiger partial charge >= 0.3 is 5.97 Å². The van der Waals surface area contributed by atoms with Gasteiger partial charge in [-0.3, -0.25) is 4.79 Å². The summed E-state index contributed by atoms with van der Waals surface area (Å²) in [5.74, 6) is -1.65. The number of benzene rings is 2. The largest absolute Gasteiger partial charge is 0.478 e. The molecular weight excluding hydrogens is 393 g/mol. The van der Waals surface area contributed by atoms with Crippen molar-refractivity contribution in [2.75, 3.05) is 0 Å². The van der Waals surface area contributed by atoms with Crippen molar-refractivity contribution in [2.45, 2.75) is 0 Å². The molecule has 4 rings (SSSR count). The van der Waals surface area contributed by atoms with Crippen molar-refractivity contribution >= 4 is 40.6 Å². The van der Waals surface area contributed by atoms with E-state index in [0.29, 0.717) is 27.1 Å². The van der Waals surface area contributed by atoms with Gasteiger partial charge in [0, 0.05) is 17.6 Å². The van der Waals surface area contributed by atoms with Crippen LogP contribution in [0.1, 0.15) is 16.1 Å². The average molecular weight is 407 g/mol. The number of rotatable bonds is 4. The summed E-state index contributed by atoms with van der Waals surface area (Å²) in [6, 6.07) is 15.8. The van der Waals surface area contributed by atoms with Crippen LogP contribution in [0.2, 0.25) is 0 Å². The van der Waals surface area contributed by atoms with Gasteiger partial charge in [0.2, 0.25) is 0 Å². The van der Waals surface area contributed by atoms with Crippen molar-refractivity contribution in [2.24, 2.45) is 4.99 Å². The third-order valence-corrected chi connectivity index (χ3v) is 5.05. The minimum Gasteiger partial charge on any atom is -0.478 e. The van der Waals surface area contributed by atoms with Crippen LogP contribution in [-0.2, 0) is 4.79 Å². The number of carboxylic acids is 1. The minimum atomic E-state index is -1.01. The summed E-state index contributed by atoms with van der Waals surface area (Å²) in [4.78, 5) is 28.3. The number of carboxylic acid groups (broad SMARTS) is 1. The number of nitrogens with zero attached hydrogens (tertiary/aromatic N) is 2. The van der Waals surface area contributed by atoms with E-state index in [9.17, 15) is 19.1 Å². The highest BCUT2D eigenvalue weighted by Gasteiger charge is 2.24. The number of aromatic carboxylic acids is 1. The lowest BCUT2D eigenvalue weighted by Crippen LogP contribution is -2.19. The Bertz CT molecular complexity index is 1170. The van der Waals surface area contributed by atoms with Gasteiger partial charge in [0.05, 0.1) is 16.2 Å². The van der Waals surface area contributed by atoms with Crippen molar-refractivity contribution in [3.05, 3.63) is 88.8 Å². The van der Waals surface area contributed by atoms with Crippen molar-refractivity contribution in [3.8, 4) is 5.69 Å². The molecule has 1 aliphatic rings. The van der Waals surface area contributed by atoms with E-state index in [0.717, 1.165) is 0 Å². The Balaban J connectivity index is 1.62. The fraction of sp³-hybridized carbons (Fsp3) is 0. The van der Waals surface area contributed by atoms with Crippen LogP contribution in [0.15, 0.2) is 76.8 Å². The van der Waals surface area contributed by atoms with Crippen molar-refractivity contribution in [1.29, 1.82) is 0 Å². The molecule has 8 heteroatoms. The van der Waals surface area contributed by atoms with Gasteiger partial charge in [0.25, 0.3) is 5.91 Å². The number of hydrogen-bond acceptors (Lipinski definition) is 4. The van der Waals surface area contributed by atoms with Crippen LogP contribution in [0.25, 0.3) is 11.8 Å². The lowest BCUT2D eigenvalue weighted by atomic mass is 10.2. The van der Waals surface area contributed by atoms with E-state index < -0.39 is 5.97 Å². The molecule has 144 valence electrons. The monoisotopic (exact) mass is 407 g/mol. The zero-order valence-corrected chi connectivity index (χ0v) is 15.7. The van der Waals surface area contributed by atoms with Crippen LogP contribution < -0.4 is 5.32 Å². The van der Waals surface area contributed by atoms with Crippen LogP contribution in [0.4, 0.5) is 10.1 Å². The molecule has 1 aliphatic heterocycles. The number of aliphatic imine (C=N–C) groups is 1. The Hall–Kier alpha value is -3.65. The molecule has 2 heterocycles. The number of halogens is 1. The molecule has 3 aromatic rings. The molecule has 0 atom stereocenters. The Morgan fingerprint density at radius 3 is 2.69 bits per heavy atom. The number of carbonyl (C=O) groups excluding carboxylic acids is 1. The molecular formula is C21H14FN3O3S. The smallest absolute Gasteiger partial charge is 0.335 e. The minimum absolute atomic E-state index is 0.177. The standard InChI is InChI=1S/C21H14FN3O3S/c22-14-6-8-15(9-7-14)23-21-24-19(26)18(29-21)12-17-5-2-10-25(17)16-4-1-3-13(11-16)20(27)28/h1-12H,(H,27,28)(H,23,24,26)/b18-12-. The number of amidine groups is 1. The average Bonchev–Trinajstić information content (AvgIpc) is 3.30. The van der Waals surface area contributed by atoms with Crippen molar-refractivity contribution < 1.29 is 19.1 Å². The van der Waals surface area contributed by atoms with E-state index in [2.05, 4.69) is 10.3 Å². The second-order valence-corrected chi connectivity index (χ2v) is 7.15. The normalized spacial score (nSPS) is 16.4. The first-order valence-corrected chi connectivity index (χ1v) is 9.37. The van der Waals surface area contributed by atoms with E-state index in [1.165, 1.54) is 42.1 Å². The van der Waals surface area contributed by atoms with Gasteiger partial charge in [-0.05, 0) is 72.4 Å². The first-order valence-electron chi connectivity index (χ1n) is 8.56. The molecule has 1 aromatic heterocycles. The van der Waals surface area contributed by atoms with Crippen molar-refractivity contribution in [1.82, 2.24) is 9.88 Å². The molecule has 1 saturated heterocycles. The summed E-state index contributed by atoms with van der Waals surface area (Å²) in [5, 5.41) is 12.3. The molecule has 0 bridgehead atoms. The maximum Gasteiger partial charge on any atom is 0.335 e. The summed E-state index contributed by atoms with van der Waals surface area (Å²) in [6.45, 7) is 0. The predicted octanol–water partition coefficient (Wildman–Crippen LogP) is 4.21. The summed E-state index contributed by atoms with van der Waals surface area (Å²) >= 11 is 1.18. The molecule has 1 fully saturated rings. The molecule has 0 saturated carbocycles. The van der Waals surface area contributed by atoms with Crippen LogP contribution in [-0.4, -0.2) is 26.7 Å². The molecule has 0 unspecified atom stereocenters. The molecule has 1 amide bonds. The molecule has 0 spiro atoms. The zero-order chi connectivity index (χ0) is 20.4. The molecule has 0 radical (unpaired) electrons. The van der Waals surface area contributed by atoms with Gasteiger partial charge in [0.15, 0.2) is 5.17 Å². The Labute approximate surface area is 169 Å². The third-order valence-electron chi connectivity index (χ3n) is 4.14. The number of amides is 1. The van der Waals surface area contributed by atoms with Crippen LogP contribution in [0.3, 0.4) is 0 Å². The first kappa shape index (κ1) is 18.7. The Kier molecular flexibility index (Phi) is 5.01. The van der Waals surface area contributed by atoms with Crippen LogP contribution in [0.5, 0.6) is 0 Å². The SMILES string of the molecule is O=C1NC(=Nc2ccc(F)cc2)S/C1=C\c1cccn1-c1cccc(C(=O)O)c1. The van der Waals surface area contributed by atoms with Crippen molar-refractivity contribution in [3.63, 3.8) is 0 Å². The van der Waals surface area contributed by atoms with Gasteiger partial charge in [0.1, 0.15) is 5.82 Å². The van der Waals surface area contributed by atoms with E-state index in [4.69, 9.17) is 0 Å². The fourth-order valence-corrected chi connectivity index (χ4v) is 3.61. The molecule has 0 aliphatic carbocycles. The Morgan fingerprint density at radius 2 is 1.93 bits per heavy atom. The van der Waals surface area contributed by atoms with E-state index in [1.807, 2.05) is 12.1 Å². The van der Waals surface area contributed by atoms with Gasteiger partial charge in [-0.1, -0.05) is 6.07 Å². The van der Waals surface area contributed by atoms with Crippen LogP contribution >= 0.6 is 11.8 Å². The number of carbonyl (C=O) groups is 2. The molecule has 2 N–H and O–H groups in total. The van der Waals surface area contributed by atoms with Gasteiger partial charge < -0.3 is 15.0 Å². The zero-order valence-electron chi connectivity index (χ0n) is 14.9.